The van der Waals surface area contributed by atoms with Gasteiger partial charge in [-0.3, -0.25) is 4.79 Å². The molecule has 0 N–H and O–H groups in total. The number of hydrogen-bond acceptors (Lipinski definition) is 1. The molecule has 0 fully saturated rings. The highest BCUT2D eigenvalue weighted by atomic mass is 16.2. The van der Waals surface area contributed by atoms with Gasteiger partial charge in [0.25, 0.3) is 5.91 Å². The molecule has 0 unspecified atom stereocenters. The first-order valence-electron chi connectivity index (χ1n) is 7.71. The van der Waals surface area contributed by atoms with Crippen LogP contribution in [0.4, 0.5) is 0 Å². The van der Waals surface area contributed by atoms with E-state index in [4.69, 9.17) is 0 Å². The molecular formula is C19H27NO. The van der Waals surface area contributed by atoms with Gasteiger partial charge in [-0.15, -0.1) is 0 Å². The molecule has 2 heteroatoms. The second-order valence-electron chi connectivity index (χ2n) is 5.62. The number of allylic oxidation sites excluding steroid dienone is 1. The van der Waals surface area contributed by atoms with E-state index in [-0.39, 0.29) is 11.9 Å². The first-order chi connectivity index (χ1) is 9.86. The SMILES string of the molecule is C=C(c1cccc2c1C(=C)N(C(C)C)C2=O)C(C)C.CC. The van der Waals surface area contributed by atoms with Crippen LogP contribution >= 0.6 is 0 Å². The second kappa shape index (κ2) is 6.75. The Balaban J connectivity index is 0.00000106. The van der Waals surface area contributed by atoms with E-state index in [0.29, 0.717) is 5.92 Å². The smallest absolute Gasteiger partial charge is 0.259 e. The third-order valence-electron chi connectivity index (χ3n) is 3.65. The molecule has 2 nitrogen and oxygen atoms in total. The molecule has 1 aromatic rings. The van der Waals surface area contributed by atoms with Gasteiger partial charge in [-0.2, -0.15) is 0 Å². The van der Waals surface area contributed by atoms with E-state index in [1.54, 1.807) is 4.90 Å². The van der Waals surface area contributed by atoms with Gasteiger partial charge in [-0.25, -0.2) is 0 Å². The van der Waals surface area contributed by atoms with Crippen LogP contribution in [0.25, 0.3) is 11.3 Å². The Hall–Kier alpha value is -1.83. The van der Waals surface area contributed by atoms with Gasteiger partial charge in [0.1, 0.15) is 0 Å². The van der Waals surface area contributed by atoms with Gasteiger partial charge in [0.05, 0.1) is 0 Å². The van der Waals surface area contributed by atoms with Gasteiger partial charge in [-0.1, -0.05) is 53.0 Å². The Morgan fingerprint density at radius 2 is 1.71 bits per heavy atom. The van der Waals surface area contributed by atoms with Gasteiger partial charge in [0.15, 0.2) is 0 Å². The Kier molecular flexibility index (Phi) is 5.54. The van der Waals surface area contributed by atoms with Crippen LogP contribution in [0.5, 0.6) is 0 Å². The minimum atomic E-state index is 0.0495. The number of benzene rings is 1. The highest BCUT2D eigenvalue weighted by Gasteiger charge is 2.34. The fourth-order valence-electron chi connectivity index (χ4n) is 2.54. The van der Waals surface area contributed by atoms with Crippen molar-refractivity contribution in [2.75, 3.05) is 0 Å². The Bertz CT molecular complexity index is 567. The summed E-state index contributed by atoms with van der Waals surface area (Å²) in [6, 6.07) is 5.95. The van der Waals surface area contributed by atoms with E-state index in [1.165, 1.54) is 0 Å². The zero-order valence-corrected chi connectivity index (χ0v) is 14.2. The largest absolute Gasteiger partial charge is 0.306 e. The third kappa shape index (κ3) is 2.94. The fourth-order valence-corrected chi connectivity index (χ4v) is 2.54. The van der Waals surface area contributed by atoms with E-state index in [0.717, 1.165) is 28.0 Å². The predicted octanol–water partition coefficient (Wildman–Crippen LogP) is 5.22. The topological polar surface area (TPSA) is 20.3 Å². The zero-order chi connectivity index (χ0) is 16.3. The summed E-state index contributed by atoms with van der Waals surface area (Å²) >= 11 is 0. The second-order valence-corrected chi connectivity index (χ2v) is 5.62. The van der Waals surface area contributed by atoms with Crippen molar-refractivity contribution >= 4 is 17.2 Å². The molecule has 0 aromatic heterocycles. The molecule has 0 saturated carbocycles. The summed E-state index contributed by atoms with van der Waals surface area (Å²) in [5.41, 5.74) is 4.61. The summed E-state index contributed by atoms with van der Waals surface area (Å²) in [6.45, 7) is 20.5. The van der Waals surface area contributed by atoms with Crippen molar-refractivity contribution in [3.63, 3.8) is 0 Å². The fraction of sp³-hybridized carbons (Fsp3) is 0.421. The number of carbonyl (C=O) groups excluding carboxylic acids is 1. The molecule has 1 heterocycles. The highest BCUT2D eigenvalue weighted by molar-refractivity contribution is 6.10. The van der Waals surface area contributed by atoms with Gasteiger partial charge in [-0.05, 0) is 37.0 Å². The first-order valence-corrected chi connectivity index (χ1v) is 7.71. The molecule has 0 saturated heterocycles. The molecule has 2 rings (SSSR count). The van der Waals surface area contributed by atoms with Crippen molar-refractivity contribution in [3.05, 3.63) is 48.0 Å². The molecule has 1 aliphatic rings. The monoisotopic (exact) mass is 285 g/mol. The average molecular weight is 285 g/mol. The Morgan fingerprint density at radius 3 is 2.19 bits per heavy atom. The molecule has 0 aliphatic carbocycles. The summed E-state index contributed by atoms with van der Waals surface area (Å²) < 4.78 is 0. The van der Waals surface area contributed by atoms with E-state index in [1.807, 2.05) is 45.9 Å². The van der Waals surface area contributed by atoms with Crippen molar-refractivity contribution in [2.24, 2.45) is 5.92 Å². The summed E-state index contributed by atoms with van der Waals surface area (Å²) in [6.07, 6.45) is 0. The van der Waals surface area contributed by atoms with Crippen molar-refractivity contribution in [1.29, 1.82) is 0 Å². The van der Waals surface area contributed by atoms with Crippen LogP contribution in [-0.2, 0) is 0 Å². The maximum absolute atomic E-state index is 12.4. The van der Waals surface area contributed by atoms with Gasteiger partial charge in [0.2, 0.25) is 0 Å². The Morgan fingerprint density at radius 1 is 1.14 bits per heavy atom. The summed E-state index contributed by atoms with van der Waals surface area (Å²) in [4.78, 5) is 14.2. The van der Waals surface area contributed by atoms with Crippen LogP contribution in [-0.4, -0.2) is 16.8 Å². The van der Waals surface area contributed by atoms with Crippen LogP contribution in [0.2, 0.25) is 0 Å². The molecule has 0 bridgehead atoms. The maximum atomic E-state index is 12.4. The standard InChI is InChI=1S/C17H21NO.C2H6/c1-10(2)12(5)14-8-7-9-15-16(14)13(6)18(11(3)4)17(15)19;1-2/h7-11H,5-6H2,1-4H3;1-2H3. The summed E-state index contributed by atoms with van der Waals surface area (Å²) in [5.74, 6) is 0.399. The summed E-state index contributed by atoms with van der Waals surface area (Å²) in [5, 5.41) is 0. The van der Waals surface area contributed by atoms with Crippen LogP contribution in [0.1, 0.15) is 63.0 Å². The van der Waals surface area contributed by atoms with Crippen molar-refractivity contribution in [1.82, 2.24) is 4.90 Å². The molecule has 1 aliphatic heterocycles. The number of carbonyl (C=O) groups is 1. The molecule has 0 spiro atoms. The van der Waals surface area contributed by atoms with Crippen LogP contribution in [0.15, 0.2) is 31.4 Å². The first kappa shape index (κ1) is 17.2. The minimum Gasteiger partial charge on any atom is -0.306 e. The van der Waals surface area contributed by atoms with Gasteiger partial charge in [0, 0.05) is 22.9 Å². The predicted molar refractivity (Wildman–Crippen MR) is 92.0 cm³/mol. The lowest BCUT2D eigenvalue weighted by atomic mass is 9.90. The van der Waals surface area contributed by atoms with Crippen molar-refractivity contribution in [2.45, 2.75) is 47.6 Å². The highest BCUT2D eigenvalue weighted by Crippen LogP contribution is 2.39. The summed E-state index contributed by atoms with van der Waals surface area (Å²) in [7, 11) is 0. The molecule has 0 radical (unpaired) electrons. The van der Waals surface area contributed by atoms with E-state index in [9.17, 15) is 4.79 Å². The number of amides is 1. The number of fused-ring (bicyclic) bond motifs is 1. The molecule has 114 valence electrons. The van der Waals surface area contributed by atoms with Crippen LogP contribution in [0, 0.1) is 5.92 Å². The lowest BCUT2D eigenvalue weighted by Gasteiger charge is -2.22. The number of nitrogens with zero attached hydrogens (tertiary/aromatic N) is 1. The van der Waals surface area contributed by atoms with Gasteiger partial charge >= 0.3 is 0 Å². The molecular weight excluding hydrogens is 258 g/mol. The average Bonchev–Trinajstić information content (AvgIpc) is 2.72. The number of rotatable bonds is 3. The quantitative estimate of drug-likeness (QED) is 0.746. The van der Waals surface area contributed by atoms with E-state index >= 15 is 0 Å². The minimum absolute atomic E-state index is 0.0495. The van der Waals surface area contributed by atoms with Gasteiger partial charge < -0.3 is 4.90 Å². The van der Waals surface area contributed by atoms with E-state index < -0.39 is 0 Å². The Labute approximate surface area is 129 Å². The number of hydrogen-bond donors (Lipinski definition) is 0. The third-order valence-corrected chi connectivity index (χ3v) is 3.65. The molecule has 21 heavy (non-hydrogen) atoms. The zero-order valence-electron chi connectivity index (χ0n) is 14.2. The van der Waals surface area contributed by atoms with Crippen molar-refractivity contribution in [3.8, 4) is 0 Å². The van der Waals surface area contributed by atoms with E-state index in [2.05, 4.69) is 27.0 Å². The van der Waals surface area contributed by atoms with Crippen molar-refractivity contribution < 1.29 is 4.79 Å². The normalized spacial score (nSPS) is 13.4. The molecule has 1 aromatic carbocycles. The molecule has 1 amide bonds. The van der Waals surface area contributed by atoms with Crippen LogP contribution < -0.4 is 0 Å². The van der Waals surface area contributed by atoms with Crippen LogP contribution in [0.3, 0.4) is 0 Å². The molecule has 0 atom stereocenters. The maximum Gasteiger partial charge on any atom is 0.259 e. The lowest BCUT2D eigenvalue weighted by Crippen LogP contribution is -2.29. The lowest BCUT2D eigenvalue weighted by molar-refractivity contribution is 0.0821.